The van der Waals surface area contributed by atoms with Crippen LogP contribution in [0.2, 0.25) is 0 Å². The summed E-state index contributed by atoms with van der Waals surface area (Å²) in [7, 11) is 3.87. The molecule has 0 saturated carbocycles. The van der Waals surface area contributed by atoms with Gasteiger partial charge in [-0.15, -0.1) is 0 Å². The summed E-state index contributed by atoms with van der Waals surface area (Å²) in [6, 6.07) is 0.147. The molecule has 0 aliphatic heterocycles. The average molecular weight is 201 g/mol. The Labute approximate surface area is 87.0 Å². The number of carbonyl (C=O) groups excluding carboxylic acids is 1. The van der Waals surface area contributed by atoms with Crippen LogP contribution in [0.4, 0.5) is 0 Å². The van der Waals surface area contributed by atoms with Crippen molar-refractivity contribution in [2.24, 2.45) is 0 Å². The molecule has 0 aromatic heterocycles. The predicted octanol–water partition coefficient (Wildman–Crippen LogP) is 0.0507. The van der Waals surface area contributed by atoms with Gasteiger partial charge in [0.05, 0.1) is 6.04 Å². The van der Waals surface area contributed by atoms with Crippen LogP contribution in [0.3, 0.4) is 0 Å². The van der Waals surface area contributed by atoms with E-state index in [1.54, 1.807) is 0 Å². The number of hydrogen-bond acceptors (Lipinski definition) is 3. The molecule has 1 unspecified atom stereocenters. The lowest BCUT2D eigenvalue weighted by Crippen LogP contribution is -2.46. The Balaban J connectivity index is 3.90. The van der Waals surface area contributed by atoms with Gasteiger partial charge in [0.1, 0.15) is 0 Å². The molecule has 84 valence electrons. The first kappa shape index (κ1) is 13.4. The molecule has 1 amide bonds. The normalized spacial score (nSPS) is 13.4. The molecule has 1 atom stereocenters. The Morgan fingerprint density at radius 3 is 2.36 bits per heavy atom. The zero-order valence-electron chi connectivity index (χ0n) is 9.92. The summed E-state index contributed by atoms with van der Waals surface area (Å²) in [6.45, 7) is 7.64. The Kier molecular flexibility index (Phi) is 6.49. The largest absolute Gasteiger partial charge is 0.353 e. The molecule has 0 aromatic carbocycles. The van der Waals surface area contributed by atoms with Crippen molar-refractivity contribution in [2.75, 3.05) is 27.2 Å². The molecule has 2 N–H and O–H groups in total. The summed E-state index contributed by atoms with van der Waals surface area (Å²) < 4.78 is 0. The number of likely N-dealkylation sites (N-methyl/N-ethyl adjacent to an activating group) is 2. The second-order valence-electron chi connectivity index (χ2n) is 3.92. The smallest absolute Gasteiger partial charge is 0.237 e. The molecular weight excluding hydrogens is 178 g/mol. The third-order valence-electron chi connectivity index (χ3n) is 2.19. The van der Waals surface area contributed by atoms with Crippen LogP contribution in [0.25, 0.3) is 0 Å². The highest BCUT2D eigenvalue weighted by molar-refractivity contribution is 5.81. The van der Waals surface area contributed by atoms with Crippen molar-refractivity contribution in [2.45, 2.75) is 32.9 Å². The van der Waals surface area contributed by atoms with Crippen LogP contribution in [0.1, 0.15) is 20.8 Å². The fraction of sp³-hybridized carbons (Fsp3) is 0.900. The van der Waals surface area contributed by atoms with Crippen LogP contribution in [-0.4, -0.2) is 50.1 Å². The lowest BCUT2D eigenvalue weighted by molar-refractivity contribution is -0.125. The van der Waals surface area contributed by atoms with E-state index in [9.17, 15) is 4.79 Å². The van der Waals surface area contributed by atoms with Crippen LogP contribution in [0.15, 0.2) is 0 Å². The maximum absolute atomic E-state index is 11.6. The SMILES string of the molecule is CNCCN(C)C(C)C(=O)NC(C)C. The van der Waals surface area contributed by atoms with E-state index in [-0.39, 0.29) is 18.0 Å². The summed E-state index contributed by atoms with van der Waals surface area (Å²) in [4.78, 5) is 13.6. The molecule has 0 rings (SSSR count). The van der Waals surface area contributed by atoms with E-state index in [0.29, 0.717) is 0 Å². The van der Waals surface area contributed by atoms with Crippen molar-refractivity contribution in [1.82, 2.24) is 15.5 Å². The molecule has 0 radical (unpaired) electrons. The molecule has 0 saturated heterocycles. The molecule has 0 aliphatic rings. The highest BCUT2D eigenvalue weighted by Gasteiger charge is 2.17. The number of nitrogens with zero attached hydrogens (tertiary/aromatic N) is 1. The first-order valence-electron chi connectivity index (χ1n) is 5.14. The van der Waals surface area contributed by atoms with Gasteiger partial charge in [0.25, 0.3) is 0 Å². The number of nitrogens with one attached hydrogen (secondary N) is 2. The number of carbonyl (C=O) groups is 1. The van der Waals surface area contributed by atoms with E-state index in [0.717, 1.165) is 13.1 Å². The van der Waals surface area contributed by atoms with Gasteiger partial charge in [-0.2, -0.15) is 0 Å². The first-order chi connectivity index (χ1) is 6.49. The topological polar surface area (TPSA) is 44.4 Å². The van der Waals surface area contributed by atoms with Crippen molar-refractivity contribution in [3.63, 3.8) is 0 Å². The zero-order valence-corrected chi connectivity index (χ0v) is 9.92. The van der Waals surface area contributed by atoms with Crippen molar-refractivity contribution in [1.29, 1.82) is 0 Å². The van der Waals surface area contributed by atoms with E-state index in [2.05, 4.69) is 10.6 Å². The van der Waals surface area contributed by atoms with Gasteiger partial charge < -0.3 is 10.6 Å². The average Bonchev–Trinajstić information content (AvgIpc) is 2.11. The Morgan fingerprint density at radius 2 is 1.93 bits per heavy atom. The fourth-order valence-corrected chi connectivity index (χ4v) is 1.09. The van der Waals surface area contributed by atoms with Crippen LogP contribution >= 0.6 is 0 Å². The van der Waals surface area contributed by atoms with Crippen molar-refractivity contribution in [3.05, 3.63) is 0 Å². The van der Waals surface area contributed by atoms with Gasteiger partial charge >= 0.3 is 0 Å². The monoisotopic (exact) mass is 201 g/mol. The van der Waals surface area contributed by atoms with E-state index >= 15 is 0 Å². The second-order valence-corrected chi connectivity index (χ2v) is 3.92. The molecular formula is C10H23N3O. The summed E-state index contributed by atoms with van der Waals surface area (Å²) >= 11 is 0. The number of hydrogen-bond donors (Lipinski definition) is 2. The van der Waals surface area contributed by atoms with E-state index in [1.165, 1.54) is 0 Å². The maximum Gasteiger partial charge on any atom is 0.237 e. The number of amides is 1. The van der Waals surface area contributed by atoms with Gasteiger partial charge in [0.2, 0.25) is 5.91 Å². The van der Waals surface area contributed by atoms with Crippen molar-refractivity contribution in [3.8, 4) is 0 Å². The molecule has 0 fully saturated rings. The Morgan fingerprint density at radius 1 is 1.36 bits per heavy atom. The molecule has 0 heterocycles. The lowest BCUT2D eigenvalue weighted by atomic mass is 10.2. The van der Waals surface area contributed by atoms with E-state index in [1.807, 2.05) is 39.8 Å². The van der Waals surface area contributed by atoms with E-state index < -0.39 is 0 Å². The van der Waals surface area contributed by atoms with Gasteiger partial charge in [0, 0.05) is 19.1 Å². The highest BCUT2D eigenvalue weighted by atomic mass is 16.2. The second kappa shape index (κ2) is 6.79. The van der Waals surface area contributed by atoms with Crippen molar-refractivity contribution < 1.29 is 4.79 Å². The van der Waals surface area contributed by atoms with Crippen LogP contribution in [0.5, 0.6) is 0 Å². The third-order valence-corrected chi connectivity index (χ3v) is 2.19. The fourth-order valence-electron chi connectivity index (χ4n) is 1.09. The third kappa shape index (κ3) is 5.19. The standard InChI is InChI=1S/C10H23N3O/c1-8(2)12-10(14)9(3)13(5)7-6-11-4/h8-9,11H,6-7H2,1-5H3,(H,12,14). The summed E-state index contributed by atoms with van der Waals surface area (Å²) in [5.41, 5.74) is 0. The first-order valence-corrected chi connectivity index (χ1v) is 5.14. The number of rotatable bonds is 6. The van der Waals surface area contributed by atoms with E-state index in [4.69, 9.17) is 0 Å². The van der Waals surface area contributed by atoms with Crippen LogP contribution < -0.4 is 10.6 Å². The molecule has 0 aliphatic carbocycles. The maximum atomic E-state index is 11.6. The quantitative estimate of drug-likeness (QED) is 0.638. The van der Waals surface area contributed by atoms with Gasteiger partial charge in [-0.1, -0.05) is 0 Å². The van der Waals surface area contributed by atoms with Crippen LogP contribution in [-0.2, 0) is 4.79 Å². The van der Waals surface area contributed by atoms with Gasteiger partial charge in [-0.3, -0.25) is 9.69 Å². The minimum atomic E-state index is -0.0641. The molecule has 14 heavy (non-hydrogen) atoms. The summed E-state index contributed by atoms with van der Waals surface area (Å²) in [6.07, 6.45) is 0. The van der Waals surface area contributed by atoms with Gasteiger partial charge in [0.15, 0.2) is 0 Å². The lowest BCUT2D eigenvalue weighted by Gasteiger charge is -2.24. The molecule has 0 aromatic rings. The predicted molar refractivity (Wildman–Crippen MR) is 59.3 cm³/mol. The van der Waals surface area contributed by atoms with Gasteiger partial charge in [-0.25, -0.2) is 0 Å². The Hall–Kier alpha value is -0.610. The summed E-state index contributed by atoms with van der Waals surface area (Å²) in [5, 5.41) is 5.96. The zero-order chi connectivity index (χ0) is 11.1. The molecule has 4 heteroatoms. The minimum absolute atomic E-state index is 0.0641. The Bertz CT molecular complexity index is 171. The summed E-state index contributed by atoms with van der Waals surface area (Å²) in [5.74, 6) is 0.0959. The van der Waals surface area contributed by atoms with Gasteiger partial charge in [-0.05, 0) is 34.9 Å². The molecule has 0 spiro atoms. The molecule has 4 nitrogen and oxygen atoms in total. The molecule has 0 bridgehead atoms. The highest BCUT2D eigenvalue weighted by Crippen LogP contribution is 1.95. The van der Waals surface area contributed by atoms with Crippen molar-refractivity contribution >= 4 is 5.91 Å². The van der Waals surface area contributed by atoms with Crippen LogP contribution in [0, 0.1) is 0 Å². The minimum Gasteiger partial charge on any atom is -0.353 e.